The summed E-state index contributed by atoms with van der Waals surface area (Å²) in [6, 6.07) is 20.7. The summed E-state index contributed by atoms with van der Waals surface area (Å²) < 4.78 is 39.0. The van der Waals surface area contributed by atoms with Crippen LogP contribution < -0.4 is 0 Å². The van der Waals surface area contributed by atoms with Gasteiger partial charge in [-0.05, 0) is 75.1 Å². The summed E-state index contributed by atoms with van der Waals surface area (Å²) in [5.74, 6) is -1.50. The van der Waals surface area contributed by atoms with Gasteiger partial charge in [0, 0.05) is 19.5 Å². The van der Waals surface area contributed by atoms with Crippen LogP contribution in [0.5, 0.6) is 0 Å². The number of benzene rings is 2. The van der Waals surface area contributed by atoms with Crippen LogP contribution >= 0.6 is 0 Å². The van der Waals surface area contributed by atoms with Gasteiger partial charge in [0.2, 0.25) is 0 Å². The molecule has 1 aliphatic carbocycles. The Bertz CT molecular complexity index is 823. The topological polar surface area (TPSA) is 27.0 Å². The monoisotopic (exact) mass is 444 g/mol. The largest absolute Gasteiger partial charge is 0.392 e. The second-order valence-corrected chi connectivity index (χ2v) is 8.77. The Balaban J connectivity index is 0.00000114. The minimum absolute atomic E-state index is 0.268. The van der Waals surface area contributed by atoms with Crippen molar-refractivity contribution in [2.75, 3.05) is 13.1 Å². The van der Waals surface area contributed by atoms with Gasteiger partial charge in [-0.15, -0.1) is 0 Å². The summed E-state index contributed by atoms with van der Waals surface area (Å²) in [7, 11) is 0. The van der Waals surface area contributed by atoms with E-state index in [2.05, 4.69) is 43.0 Å². The first-order valence-electron chi connectivity index (χ1n) is 11.5. The molecule has 2 aromatic rings. The van der Waals surface area contributed by atoms with E-state index in [1.807, 2.05) is 30.3 Å². The molecule has 2 nitrogen and oxygen atoms in total. The van der Waals surface area contributed by atoms with Gasteiger partial charge in [-0.3, -0.25) is 0 Å². The lowest BCUT2D eigenvalue weighted by Gasteiger charge is -2.38. The minimum Gasteiger partial charge on any atom is -0.301 e. The van der Waals surface area contributed by atoms with Crippen LogP contribution in [0.3, 0.4) is 0 Å². The number of hydrogen-bond donors (Lipinski definition) is 0. The average molecular weight is 445 g/mol. The molecule has 0 aromatic heterocycles. The number of nitrogens with zero attached hydrogens (tertiary/aromatic N) is 2. The van der Waals surface area contributed by atoms with E-state index in [0.717, 1.165) is 37.9 Å². The van der Waals surface area contributed by atoms with Gasteiger partial charge in [-0.2, -0.15) is 18.4 Å². The molecule has 0 amide bonds. The second kappa shape index (κ2) is 12.6. The molecule has 1 fully saturated rings. The van der Waals surface area contributed by atoms with Crippen molar-refractivity contribution in [1.29, 1.82) is 5.26 Å². The van der Waals surface area contributed by atoms with Crippen LogP contribution in [0.1, 0.15) is 62.6 Å². The summed E-state index contributed by atoms with van der Waals surface area (Å²) in [4.78, 5) is 2.50. The predicted octanol–water partition coefficient (Wildman–Crippen LogP) is 7.16. The number of rotatable bonds is 9. The fourth-order valence-electron chi connectivity index (χ4n) is 4.25. The third kappa shape index (κ3) is 7.98. The normalized spacial score (nSPS) is 18.0. The summed E-state index contributed by atoms with van der Waals surface area (Å²) in [5, 5.41) is 7.32. The molecule has 0 bridgehead atoms. The van der Waals surface area contributed by atoms with Crippen LogP contribution in [-0.2, 0) is 12.8 Å². The Morgan fingerprint density at radius 2 is 1.53 bits per heavy atom. The lowest BCUT2D eigenvalue weighted by molar-refractivity contribution is -0.200. The molecule has 32 heavy (non-hydrogen) atoms. The zero-order valence-electron chi connectivity index (χ0n) is 19.4. The van der Waals surface area contributed by atoms with Crippen molar-refractivity contribution in [2.45, 2.75) is 71.0 Å². The van der Waals surface area contributed by atoms with E-state index < -0.39 is 12.1 Å². The first-order valence-corrected chi connectivity index (χ1v) is 11.5. The van der Waals surface area contributed by atoms with Gasteiger partial charge >= 0.3 is 6.18 Å². The maximum atomic E-state index is 13.0. The molecule has 1 saturated carbocycles. The fourth-order valence-corrected chi connectivity index (χ4v) is 4.25. The van der Waals surface area contributed by atoms with Crippen molar-refractivity contribution in [3.8, 4) is 6.07 Å². The second-order valence-electron chi connectivity index (χ2n) is 8.77. The van der Waals surface area contributed by atoms with Crippen LogP contribution in [0.2, 0.25) is 0 Å². The first-order chi connectivity index (χ1) is 15.3. The van der Waals surface area contributed by atoms with Crippen LogP contribution in [-0.4, -0.2) is 30.2 Å². The SMILES string of the molecule is CC#N.CC(C)N(CCCc1ccc(C2CCC2C(F)(F)F)cc1)CCc1ccccc1. The van der Waals surface area contributed by atoms with Crippen molar-refractivity contribution in [1.82, 2.24) is 4.90 Å². The Hall–Kier alpha value is -2.32. The molecule has 0 saturated heterocycles. The third-order valence-corrected chi connectivity index (χ3v) is 6.27. The highest BCUT2D eigenvalue weighted by Gasteiger charge is 2.50. The van der Waals surface area contributed by atoms with Crippen molar-refractivity contribution in [3.63, 3.8) is 0 Å². The molecule has 2 atom stereocenters. The number of aryl methyl sites for hydroxylation is 1. The van der Waals surface area contributed by atoms with Gasteiger partial charge < -0.3 is 4.90 Å². The van der Waals surface area contributed by atoms with E-state index >= 15 is 0 Å². The molecule has 0 heterocycles. The molecular formula is C27H35F3N2. The van der Waals surface area contributed by atoms with Gasteiger partial charge in [-0.25, -0.2) is 0 Å². The van der Waals surface area contributed by atoms with E-state index in [1.54, 1.807) is 6.07 Å². The molecule has 0 spiro atoms. The van der Waals surface area contributed by atoms with Crippen LogP contribution in [0, 0.1) is 17.2 Å². The molecule has 0 N–H and O–H groups in total. The van der Waals surface area contributed by atoms with E-state index in [1.165, 1.54) is 18.1 Å². The highest BCUT2D eigenvalue weighted by atomic mass is 19.4. The van der Waals surface area contributed by atoms with Crippen LogP contribution in [0.25, 0.3) is 0 Å². The quantitative estimate of drug-likeness (QED) is 0.410. The molecule has 3 rings (SSSR count). The van der Waals surface area contributed by atoms with Crippen LogP contribution in [0.15, 0.2) is 54.6 Å². The van der Waals surface area contributed by atoms with Gasteiger partial charge in [0.05, 0.1) is 12.0 Å². The summed E-state index contributed by atoms with van der Waals surface area (Å²) in [5.41, 5.74) is 3.42. The van der Waals surface area contributed by atoms with Crippen molar-refractivity contribution in [2.24, 2.45) is 5.92 Å². The fraction of sp³-hybridized carbons (Fsp3) is 0.519. The number of halogens is 3. The first kappa shape index (κ1) is 25.9. The van der Waals surface area contributed by atoms with E-state index in [9.17, 15) is 13.2 Å². The number of nitriles is 1. The Labute approximate surface area is 191 Å². The van der Waals surface area contributed by atoms with E-state index in [0.29, 0.717) is 12.5 Å². The molecule has 1 aliphatic rings. The lowest BCUT2D eigenvalue weighted by Crippen LogP contribution is -2.36. The Morgan fingerprint density at radius 3 is 2.03 bits per heavy atom. The average Bonchev–Trinajstić information content (AvgIpc) is 2.71. The third-order valence-electron chi connectivity index (χ3n) is 6.27. The minimum atomic E-state index is -4.07. The Morgan fingerprint density at radius 1 is 0.938 bits per heavy atom. The molecule has 0 aliphatic heterocycles. The van der Waals surface area contributed by atoms with Crippen molar-refractivity contribution >= 4 is 0 Å². The zero-order chi connectivity index (χ0) is 23.6. The maximum Gasteiger partial charge on any atom is 0.392 e. The smallest absolute Gasteiger partial charge is 0.301 e. The lowest BCUT2D eigenvalue weighted by atomic mass is 9.69. The van der Waals surface area contributed by atoms with Crippen molar-refractivity contribution < 1.29 is 13.2 Å². The predicted molar refractivity (Wildman–Crippen MR) is 124 cm³/mol. The Kier molecular flexibility index (Phi) is 10.3. The molecule has 174 valence electrons. The number of hydrogen-bond acceptors (Lipinski definition) is 2. The standard InChI is InChI=1S/C25H32F3N.C2H3N/c1-19(2)29(18-16-20-7-4-3-5-8-20)17-6-9-21-10-12-22(13-11-21)23-14-15-24(23)25(26,27)28;1-2-3/h3-5,7-8,10-13,19,23-24H,6,9,14-18H2,1-2H3;1H3. The highest BCUT2D eigenvalue weighted by molar-refractivity contribution is 5.28. The van der Waals surface area contributed by atoms with E-state index in [4.69, 9.17) is 5.26 Å². The molecule has 2 aromatic carbocycles. The number of alkyl halides is 3. The van der Waals surface area contributed by atoms with Crippen molar-refractivity contribution in [3.05, 3.63) is 71.3 Å². The molecule has 5 heteroatoms. The highest BCUT2D eigenvalue weighted by Crippen LogP contribution is 2.50. The molecule has 0 radical (unpaired) electrons. The van der Waals surface area contributed by atoms with Gasteiger partial charge in [0.15, 0.2) is 0 Å². The maximum absolute atomic E-state index is 13.0. The molecular weight excluding hydrogens is 409 g/mol. The zero-order valence-corrected chi connectivity index (χ0v) is 19.4. The van der Waals surface area contributed by atoms with E-state index in [-0.39, 0.29) is 12.3 Å². The van der Waals surface area contributed by atoms with Gasteiger partial charge in [-0.1, -0.05) is 54.6 Å². The van der Waals surface area contributed by atoms with Gasteiger partial charge in [0.1, 0.15) is 0 Å². The van der Waals surface area contributed by atoms with Gasteiger partial charge in [0.25, 0.3) is 0 Å². The summed E-state index contributed by atoms with van der Waals surface area (Å²) >= 11 is 0. The van der Waals surface area contributed by atoms with Crippen LogP contribution in [0.4, 0.5) is 13.2 Å². The summed E-state index contributed by atoms with van der Waals surface area (Å²) in [6.07, 6.45) is -0.0849. The summed E-state index contributed by atoms with van der Waals surface area (Å²) in [6.45, 7) is 7.97. The molecule has 2 unspecified atom stereocenters.